The van der Waals surface area contributed by atoms with Gasteiger partial charge in [-0.3, -0.25) is 0 Å². The Balaban J connectivity index is 2.04. The molecule has 1 unspecified atom stereocenters. The number of hydrogen-bond donors (Lipinski definition) is 2. The van der Waals surface area contributed by atoms with Crippen molar-refractivity contribution < 1.29 is 21.6 Å². The van der Waals surface area contributed by atoms with Crippen LogP contribution < -0.4 is 14.8 Å². The van der Waals surface area contributed by atoms with Crippen molar-refractivity contribution in [1.29, 1.82) is 5.26 Å². The lowest BCUT2D eigenvalue weighted by molar-refractivity contribution is 0.331. The number of hydrogen-bond acceptors (Lipinski definition) is 7. The fraction of sp³-hybridized carbons (Fsp3) is 0.350. The number of halogens is 2. The van der Waals surface area contributed by atoms with Crippen molar-refractivity contribution in [3.05, 3.63) is 52.0 Å². The van der Waals surface area contributed by atoms with Gasteiger partial charge in [0.05, 0.1) is 23.9 Å². The molecule has 1 atom stereocenters. The zero-order chi connectivity index (χ0) is 24.2. The summed E-state index contributed by atoms with van der Waals surface area (Å²) in [6.45, 7) is 0.873. The lowest BCUT2D eigenvalue weighted by Gasteiger charge is -2.29. The van der Waals surface area contributed by atoms with Crippen molar-refractivity contribution in [2.24, 2.45) is 0 Å². The van der Waals surface area contributed by atoms with Crippen molar-refractivity contribution >= 4 is 43.2 Å². The van der Waals surface area contributed by atoms with E-state index in [-0.39, 0.29) is 41.6 Å². The first-order valence-electron chi connectivity index (χ1n) is 9.85. The molecule has 0 amide bonds. The van der Waals surface area contributed by atoms with Crippen molar-refractivity contribution in [1.82, 2.24) is 14.3 Å². The quantitative estimate of drug-likeness (QED) is 0.560. The highest BCUT2D eigenvalue weighted by molar-refractivity contribution is 7.89. The molecule has 33 heavy (non-hydrogen) atoms. The first-order chi connectivity index (χ1) is 15.5. The zero-order valence-electron chi connectivity index (χ0n) is 17.6. The number of rotatable bonds is 7. The second-order valence-electron chi connectivity index (χ2n) is 7.43. The summed E-state index contributed by atoms with van der Waals surface area (Å²) in [7, 11) is -7.72. The highest BCUT2D eigenvalue weighted by Gasteiger charge is 2.35. The van der Waals surface area contributed by atoms with E-state index in [2.05, 4.69) is 10.0 Å². The molecule has 1 heterocycles. The van der Waals surface area contributed by atoms with Gasteiger partial charge in [-0.1, -0.05) is 23.2 Å². The number of nitrogens with zero attached hydrogens (tertiary/aromatic N) is 2. The van der Waals surface area contributed by atoms with Gasteiger partial charge in [-0.15, -0.1) is 0 Å². The smallest absolute Gasteiger partial charge is 0.247 e. The van der Waals surface area contributed by atoms with E-state index in [1.54, 1.807) is 0 Å². The maximum Gasteiger partial charge on any atom is 0.247 e. The Morgan fingerprint density at radius 2 is 1.88 bits per heavy atom. The number of sulfonamides is 2. The van der Waals surface area contributed by atoms with Crippen LogP contribution in [0.5, 0.6) is 11.5 Å². The normalized spacial score (nSPS) is 17.8. The molecule has 0 bridgehead atoms. The van der Waals surface area contributed by atoms with Crippen molar-refractivity contribution in [3.8, 4) is 17.6 Å². The van der Waals surface area contributed by atoms with Crippen LogP contribution in [0.1, 0.15) is 12.0 Å². The molecule has 2 aromatic carbocycles. The van der Waals surface area contributed by atoms with Crippen LogP contribution in [0, 0.1) is 11.3 Å². The SMILES string of the molecule is CS(=O)(=O)NCC1CNCCCN1S(=O)(=O)c1cc(C#N)ccc1Oc1cc(Cl)cc(Cl)c1. The summed E-state index contributed by atoms with van der Waals surface area (Å²) in [5, 5.41) is 13.1. The van der Waals surface area contributed by atoms with Crippen LogP contribution in [0.15, 0.2) is 41.3 Å². The van der Waals surface area contributed by atoms with E-state index in [1.165, 1.54) is 40.7 Å². The molecule has 178 valence electrons. The van der Waals surface area contributed by atoms with E-state index < -0.39 is 26.1 Å². The Bertz CT molecular complexity index is 1260. The van der Waals surface area contributed by atoms with E-state index in [0.29, 0.717) is 23.0 Å². The Labute approximate surface area is 203 Å². The maximum atomic E-state index is 13.8. The Morgan fingerprint density at radius 1 is 1.18 bits per heavy atom. The first-order valence-corrected chi connectivity index (χ1v) is 13.9. The van der Waals surface area contributed by atoms with Gasteiger partial charge in [0.2, 0.25) is 20.0 Å². The zero-order valence-corrected chi connectivity index (χ0v) is 20.7. The molecular formula is C20H22Cl2N4O5S2. The van der Waals surface area contributed by atoms with Gasteiger partial charge in [0.15, 0.2) is 0 Å². The van der Waals surface area contributed by atoms with E-state index in [0.717, 1.165) is 6.26 Å². The number of nitrogens with one attached hydrogen (secondary N) is 2. The number of ether oxygens (including phenoxy) is 1. The van der Waals surface area contributed by atoms with E-state index in [9.17, 15) is 22.1 Å². The Morgan fingerprint density at radius 3 is 2.52 bits per heavy atom. The number of nitriles is 1. The van der Waals surface area contributed by atoms with E-state index in [4.69, 9.17) is 27.9 Å². The summed E-state index contributed by atoms with van der Waals surface area (Å²) >= 11 is 12.1. The van der Waals surface area contributed by atoms with Gasteiger partial charge in [0.1, 0.15) is 16.4 Å². The van der Waals surface area contributed by atoms with Crippen molar-refractivity contribution in [3.63, 3.8) is 0 Å². The molecule has 0 radical (unpaired) electrons. The van der Waals surface area contributed by atoms with Crippen LogP contribution in [-0.4, -0.2) is 59.6 Å². The van der Waals surface area contributed by atoms with Crippen LogP contribution in [0.25, 0.3) is 0 Å². The van der Waals surface area contributed by atoms with Crippen LogP contribution >= 0.6 is 23.2 Å². The largest absolute Gasteiger partial charge is 0.456 e. The molecule has 0 aromatic heterocycles. The second kappa shape index (κ2) is 10.6. The Kier molecular flexibility index (Phi) is 8.23. The van der Waals surface area contributed by atoms with Crippen LogP contribution in [0.2, 0.25) is 10.0 Å². The van der Waals surface area contributed by atoms with Gasteiger partial charge in [0, 0.05) is 29.7 Å². The van der Waals surface area contributed by atoms with Crippen molar-refractivity contribution in [2.75, 3.05) is 32.4 Å². The third-order valence-electron chi connectivity index (χ3n) is 4.82. The van der Waals surface area contributed by atoms with Crippen LogP contribution in [-0.2, 0) is 20.0 Å². The summed E-state index contributed by atoms with van der Waals surface area (Å²) in [6, 6.07) is 9.78. The molecule has 0 spiro atoms. The van der Waals surface area contributed by atoms with Gasteiger partial charge < -0.3 is 10.1 Å². The van der Waals surface area contributed by atoms with E-state index in [1.807, 2.05) is 6.07 Å². The van der Waals surface area contributed by atoms with Gasteiger partial charge in [-0.2, -0.15) is 9.57 Å². The van der Waals surface area contributed by atoms with Crippen LogP contribution in [0.4, 0.5) is 0 Å². The molecule has 1 aliphatic rings. The molecule has 2 N–H and O–H groups in total. The monoisotopic (exact) mass is 532 g/mol. The molecule has 0 aliphatic carbocycles. The van der Waals surface area contributed by atoms with Crippen LogP contribution in [0.3, 0.4) is 0 Å². The summed E-state index contributed by atoms with van der Waals surface area (Å²) in [5.74, 6) is 0.209. The highest BCUT2D eigenvalue weighted by atomic mass is 35.5. The lowest BCUT2D eigenvalue weighted by Crippen LogP contribution is -2.49. The van der Waals surface area contributed by atoms with Gasteiger partial charge in [-0.25, -0.2) is 21.6 Å². The molecule has 1 fully saturated rings. The third-order valence-corrected chi connectivity index (χ3v) is 7.92. The fourth-order valence-corrected chi connectivity index (χ4v) is 6.16. The Hall–Kier alpha value is -1.91. The lowest BCUT2D eigenvalue weighted by atomic mass is 10.2. The molecule has 0 saturated carbocycles. The average Bonchev–Trinajstić information content (AvgIpc) is 2.97. The highest BCUT2D eigenvalue weighted by Crippen LogP contribution is 2.35. The van der Waals surface area contributed by atoms with Gasteiger partial charge in [-0.05, 0) is 49.4 Å². The number of benzene rings is 2. The standard InChI is InChI=1S/C20H22Cl2N4O5S2/c1-32(27,28)25-13-17-12-24-5-2-6-26(17)33(29,30)20-7-14(11-23)3-4-19(20)31-18-9-15(21)8-16(22)10-18/h3-4,7-10,17,24-25H,2,5-6,12-13H2,1H3. The topological polar surface area (TPSA) is 129 Å². The maximum absolute atomic E-state index is 13.8. The fourth-order valence-electron chi connectivity index (χ4n) is 3.36. The van der Waals surface area contributed by atoms with Gasteiger partial charge >= 0.3 is 0 Å². The molecule has 3 rings (SSSR count). The second-order valence-corrected chi connectivity index (χ2v) is 12.0. The molecular weight excluding hydrogens is 511 g/mol. The first kappa shape index (κ1) is 25.7. The van der Waals surface area contributed by atoms with Gasteiger partial charge in [0.25, 0.3) is 0 Å². The predicted octanol–water partition coefficient (Wildman–Crippen LogP) is 2.56. The predicted molar refractivity (Wildman–Crippen MR) is 126 cm³/mol. The third kappa shape index (κ3) is 6.80. The minimum Gasteiger partial charge on any atom is -0.456 e. The van der Waals surface area contributed by atoms with E-state index >= 15 is 0 Å². The summed E-state index contributed by atoms with van der Waals surface area (Å²) in [6.07, 6.45) is 1.53. The molecule has 9 nitrogen and oxygen atoms in total. The molecule has 13 heteroatoms. The molecule has 1 aliphatic heterocycles. The van der Waals surface area contributed by atoms with Crippen molar-refractivity contribution in [2.45, 2.75) is 17.4 Å². The molecule has 2 aromatic rings. The summed E-state index contributed by atoms with van der Waals surface area (Å²) in [5.41, 5.74) is 0.129. The molecule has 1 saturated heterocycles. The summed E-state index contributed by atoms with van der Waals surface area (Å²) in [4.78, 5) is -0.219. The average molecular weight is 533 g/mol. The minimum atomic E-state index is -4.19. The summed E-state index contributed by atoms with van der Waals surface area (Å²) < 4.78 is 60.2. The minimum absolute atomic E-state index is 0.0145.